The van der Waals surface area contributed by atoms with E-state index in [1.807, 2.05) is 13.8 Å². The highest BCUT2D eigenvalue weighted by Gasteiger charge is 2.13. The van der Waals surface area contributed by atoms with Crippen molar-refractivity contribution in [2.45, 2.75) is 30.5 Å². The number of hydrogen-bond acceptors (Lipinski definition) is 8. The maximum atomic E-state index is 12.9. The van der Waals surface area contributed by atoms with Gasteiger partial charge in [0.05, 0.1) is 11.1 Å². The van der Waals surface area contributed by atoms with E-state index in [4.69, 9.17) is 0 Å². The number of anilines is 1. The van der Waals surface area contributed by atoms with Crippen molar-refractivity contribution in [2.24, 2.45) is 0 Å². The molecule has 6 nitrogen and oxygen atoms in total. The quantitative estimate of drug-likeness (QED) is 0.436. The molecule has 0 atom stereocenters. The lowest BCUT2D eigenvalue weighted by Crippen LogP contribution is -2.10. The number of fused-ring (bicyclic) bond motifs is 1. The molecule has 4 aromatic rings. The lowest BCUT2D eigenvalue weighted by Gasteiger charge is -2.01. The molecule has 2 N–H and O–H groups in total. The molecule has 3 aromatic heterocycles. The third-order valence-corrected chi connectivity index (χ3v) is 7.31. The Balaban J connectivity index is 1.40. The number of thioether (sulfide) groups is 1. The zero-order chi connectivity index (χ0) is 19.7. The van der Waals surface area contributed by atoms with Gasteiger partial charge < -0.3 is 10.3 Å². The number of aromatic nitrogens is 4. The van der Waals surface area contributed by atoms with Gasteiger partial charge in [-0.2, -0.15) is 0 Å². The summed E-state index contributed by atoms with van der Waals surface area (Å²) in [6.07, 6.45) is 0. The van der Waals surface area contributed by atoms with Crippen LogP contribution in [0.15, 0.2) is 33.4 Å². The second-order valence-corrected chi connectivity index (χ2v) is 9.52. The third kappa shape index (κ3) is 4.08. The fourth-order valence-corrected chi connectivity index (χ4v) is 5.28. The molecule has 0 bridgehead atoms. The van der Waals surface area contributed by atoms with Crippen molar-refractivity contribution < 1.29 is 4.39 Å². The Morgan fingerprint density at radius 2 is 1.96 bits per heavy atom. The minimum absolute atomic E-state index is 0.0960. The number of nitrogens with zero attached hydrogens (tertiary/aromatic N) is 3. The Bertz CT molecular complexity index is 1180. The topological polar surface area (TPSA) is 83.6 Å². The van der Waals surface area contributed by atoms with Gasteiger partial charge in [-0.15, -0.1) is 21.5 Å². The summed E-state index contributed by atoms with van der Waals surface area (Å²) < 4.78 is 13.7. The van der Waals surface area contributed by atoms with Crippen molar-refractivity contribution in [1.29, 1.82) is 0 Å². The van der Waals surface area contributed by atoms with Gasteiger partial charge in [0.15, 0.2) is 4.34 Å². The molecule has 0 aliphatic carbocycles. The van der Waals surface area contributed by atoms with Crippen molar-refractivity contribution in [3.8, 4) is 0 Å². The van der Waals surface area contributed by atoms with E-state index >= 15 is 0 Å². The summed E-state index contributed by atoms with van der Waals surface area (Å²) in [5.74, 6) is 0.879. The standard InChI is InChI=1S/C18H16FN5OS3/c1-9-10(2)27-16-14(9)15(25)21-13(22-16)8-26-18-24-23-17(28-18)20-7-11-3-5-12(19)6-4-11/h3-6H,7-8H2,1-2H3,(H,20,23)(H,21,22,25). The van der Waals surface area contributed by atoms with Gasteiger partial charge in [-0.1, -0.05) is 35.2 Å². The molecule has 3 heterocycles. The Morgan fingerprint density at radius 3 is 2.75 bits per heavy atom. The largest absolute Gasteiger partial charge is 0.356 e. The van der Waals surface area contributed by atoms with E-state index in [0.717, 1.165) is 25.2 Å². The summed E-state index contributed by atoms with van der Waals surface area (Å²) in [6.45, 7) is 4.49. The monoisotopic (exact) mass is 433 g/mol. The average Bonchev–Trinajstić information content (AvgIpc) is 3.24. The zero-order valence-corrected chi connectivity index (χ0v) is 17.5. The number of hydrogen-bond donors (Lipinski definition) is 2. The second kappa shape index (κ2) is 7.98. The van der Waals surface area contributed by atoms with E-state index in [-0.39, 0.29) is 11.4 Å². The fourth-order valence-electron chi connectivity index (χ4n) is 2.62. The molecule has 28 heavy (non-hydrogen) atoms. The third-order valence-electron chi connectivity index (χ3n) is 4.18. The predicted molar refractivity (Wildman–Crippen MR) is 113 cm³/mol. The molecule has 10 heteroatoms. The normalized spacial score (nSPS) is 11.2. The first-order valence-electron chi connectivity index (χ1n) is 8.43. The number of aromatic amines is 1. The molecule has 0 unspecified atom stereocenters. The highest BCUT2D eigenvalue weighted by Crippen LogP contribution is 2.29. The molecule has 0 fully saturated rings. The van der Waals surface area contributed by atoms with Crippen LogP contribution in [-0.2, 0) is 12.3 Å². The van der Waals surface area contributed by atoms with Crippen molar-refractivity contribution >= 4 is 49.8 Å². The van der Waals surface area contributed by atoms with Gasteiger partial charge in [0.1, 0.15) is 16.5 Å². The van der Waals surface area contributed by atoms with Crippen LogP contribution >= 0.6 is 34.4 Å². The van der Waals surface area contributed by atoms with Crippen molar-refractivity contribution in [1.82, 2.24) is 20.2 Å². The van der Waals surface area contributed by atoms with Crippen molar-refractivity contribution in [3.63, 3.8) is 0 Å². The molecule has 0 amide bonds. The predicted octanol–water partition coefficient (Wildman–Crippen LogP) is 4.50. The maximum absolute atomic E-state index is 12.9. The minimum Gasteiger partial charge on any atom is -0.356 e. The second-order valence-electron chi connectivity index (χ2n) is 6.12. The van der Waals surface area contributed by atoms with Gasteiger partial charge in [-0.05, 0) is 37.1 Å². The van der Waals surface area contributed by atoms with Crippen molar-refractivity contribution in [2.75, 3.05) is 5.32 Å². The van der Waals surface area contributed by atoms with Crippen LogP contribution in [0.1, 0.15) is 21.8 Å². The van der Waals surface area contributed by atoms with Crippen molar-refractivity contribution in [3.05, 3.63) is 62.3 Å². The zero-order valence-electron chi connectivity index (χ0n) is 15.1. The van der Waals surface area contributed by atoms with E-state index < -0.39 is 0 Å². The highest BCUT2D eigenvalue weighted by atomic mass is 32.2. The number of aryl methyl sites for hydroxylation is 2. The smallest absolute Gasteiger partial charge is 0.259 e. The summed E-state index contributed by atoms with van der Waals surface area (Å²) in [5, 5.41) is 12.8. The number of halogens is 1. The molecule has 0 saturated heterocycles. The molecule has 4 rings (SSSR count). The Morgan fingerprint density at radius 1 is 1.18 bits per heavy atom. The Kier molecular flexibility index (Phi) is 5.42. The van der Waals surface area contributed by atoms with Gasteiger partial charge in [-0.25, -0.2) is 9.37 Å². The highest BCUT2D eigenvalue weighted by molar-refractivity contribution is 8.00. The van der Waals surface area contributed by atoms with E-state index in [2.05, 4.69) is 25.5 Å². The molecule has 0 aliphatic heterocycles. The minimum atomic E-state index is -0.254. The molecule has 144 valence electrons. The number of thiophene rings is 1. The summed E-state index contributed by atoms with van der Waals surface area (Å²) in [5.41, 5.74) is 1.86. The van der Waals surface area contributed by atoms with Gasteiger partial charge in [-0.3, -0.25) is 4.79 Å². The SMILES string of the molecule is Cc1sc2nc(CSc3nnc(NCc4ccc(F)cc4)s3)[nH]c(=O)c2c1C. The Labute approximate surface area is 172 Å². The number of benzene rings is 1. The van der Waals surface area contributed by atoms with E-state index in [0.29, 0.717) is 28.6 Å². The molecule has 0 radical (unpaired) electrons. The van der Waals surface area contributed by atoms with Crippen LogP contribution in [0.3, 0.4) is 0 Å². The first-order chi connectivity index (χ1) is 13.5. The lowest BCUT2D eigenvalue weighted by atomic mass is 10.2. The van der Waals surface area contributed by atoms with Crippen LogP contribution < -0.4 is 10.9 Å². The van der Waals surface area contributed by atoms with Crippen LogP contribution in [0.5, 0.6) is 0 Å². The first-order valence-corrected chi connectivity index (χ1v) is 11.0. The van der Waals surface area contributed by atoms with E-state index in [1.165, 1.54) is 46.6 Å². The van der Waals surface area contributed by atoms with Crippen LogP contribution in [0.2, 0.25) is 0 Å². The summed E-state index contributed by atoms with van der Waals surface area (Å²) in [4.78, 5) is 21.7. The summed E-state index contributed by atoms with van der Waals surface area (Å²) in [6, 6.07) is 6.32. The van der Waals surface area contributed by atoms with Crippen LogP contribution in [-0.4, -0.2) is 20.2 Å². The number of nitrogens with one attached hydrogen (secondary N) is 2. The van der Waals surface area contributed by atoms with Gasteiger partial charge in [0.25, 0.3) is 5.56 Å². The molecular formula is C18H16FN5OS3. The summed E-state index contributed by atoms with van der Waals surface area (Å²) >= 11 is 4.44. The summed E-state index contributed by atoms with van der Waals surface area (Å²) in [7, 11) is 0. The van der Waals surface area contributed by atoms with Gasteiger partial charge in [0, 0.05) is 11.4 Å². The fraction of sp³-hybridized carbons (Fsp3) is 0.222. The Hall–Kier alpha value is -2.30. The van der Waals surface area contributed by atoms with E-state index in [9.17, 15) is 9.18 Å². The van der Waals surface area contributed by atoms with Crippen LogP contribution in [0, 0.1) is 19.7 Å². The number of H-pyrrole nitrogens is 1. The van der Waals surface area contributed by atoms with E-state index in [1.54, 1.807) is 12.1 Å². The number of rotatable bonds is 6. The van der Waals surface area contributed by atoms with Gasteiger partial charge in [0.2, 0.25) is 5.13 Å². The molecule has 0 saturated carbocycles. The molecular weight excluding hydrogens is 417 g/mol. The lowest BCUT2D eigenvalue weighted by molar-refractivity contribution is 0.627. The van der Waals surface area contributed by atoms with Gasteiger partial charge >= 0.3 is 0 Å². The van der Waals surface area contributed by atoms with Crippen LogP contribution in [0.25, 0.3) is 10.2 Å². The maximum Gasteiger partial charge on any atom is 0.259 e. The molecule has 0 spiro atoms. The molecule has 1 aromatic carbocycles. The molecule has 0 aliphatic rings. The first kappa shape index (κ1) is 19.0. The average molecular weight is 434 g/mol. The van der Waals surface area contributed by atoms with Crippen LogP contribution in [0.4, 0.5) is 9.52 Å².